The Bertz CT molecular complexity index is 660. The molecular weight excluding hydrogens is 314 g/mol. The van der Waals surface area contributed by atoms with Crippen LogP contribution in [0.4, 0.5) is 5.13 Å². The zero-order valence-corrected chi connectivity index (χ0v) is 14.1. The van der Waals surface area contributed by atoms with E-state index in [1.165, 1.54) is 11.3 Å². The highest BCUT2D eigenvalue weighted by Crippen LogP contribution is 2.27. The molecule has 1 saturated heterocycles. The van der Waals surface area contributed by atoms with Crippen molar-refractivity contribution in [1.82, 2.24) is 9.88 Å². The second-order valence-corrected chi connectivity index (χ2v) is 7.20. The summed E-state index contributed by atoms with van der Waals surface area (Å²) in [6.07, 6.45) is 3.51. The average Bonchev–Trinajstić information content (AvgIpc) is 3.17. The molecule has 1 amide bonds. The maximum Gasteiger partial charge on any atom is 0.240 e. The number of thiazole rings is 1. The summed E-state index contributed by atoms with van der Waals surface area (Å²) in [6, 6.07) is 3.65. The van der Waals surface area contributed by atoms with E-state index in [9.17, 15) is 9.90 Å². The number of amides is 1. The first-order valence-corrected chi connectivity index (χ1v) is 8.57. The highest BCUT2D eigenvalue weighted by molar-refractivity contribution is 7.14. The smallest absolute Gasteiger partial charge is 0.240 e. The van der Waals surface area contributed by atoms with Gasteiger partial charge in [0, 0.05) is 11.4 Å². The molecule has 2 N–H and O–H groups in total. The Morgan fingerprint density at radius 3 is 3.13 bits per heavy atom. The molecule has 0 saturated carbocycles. The Morgan fingerprint density at radius 1 is 1.61 bits per heavy atom. The Balaban J connectivity index is 1.59. The van der Waals surface area contributed by atoms with Crippen LogP contribution in [-0.2, 0) is 4.79 Å². The van der Waals surface area contributed by atoms with Crippen molar-refractivity contribution in [2.75, 3.05) is 18.4 Å². The number of hydrogen-bond acceptors (Lipinski definition) is 6. The van der Waals surface area contributed by atoms with Crippen molar-refractivity contribution in [3.05, 3.63) is 23.8 Å². The fraction of sp³-hybridized carbons (Fsp3) is 0.500. The van der Waals surface area contributed by atoms with Gasteiger partial charge in [-0.1, -0.05) is 0 Å². The highest BCUT2D eigenvalue weighted by Gasteiger charge is 2.36. The van der Waals surface area contributed by atoms with E-state index in [0.717, 1.165) is 19.4 Å². The van der Waals surface area contributed by atoms with Gasteiger partial charge in [0.25, 0.3) is 0 Å². The SMILES string of the molecule is CC(C)(O)C1CCCN1CC(=O)Nc1nc(-c2ccco2)cs1. The zero-order chi connectivity index (χ0) is 16.4. The third kappa shape index (κ3) is 3.80. The first-order valence-electron chi connectivity index (χ1n) is 7.69. The molecule has 6 nitrogen and oxygen atoms in total. The minimum Gasteiger partial charge on any atom is -0.463 e. The first-order chi connectivity index (χ1) is 10.9. The molecule has 2 aromatic heterocycles. The molecule has 2 aromatic rings. The summed E-state index contributed by atoms with van der Waals surface area (Å²) in [5.74, 6) is 0.574. The van der Waals surface area contributed by atoms with Crippen LogP contribution in [0.15, 0.2) is 28.2 Å². The van der Waals surface area contributed by atoms with Crippen molar-refractivity contribution in [2.24, 2.45) is 0 Å². The van der Waals surface area contributed by atoms with Gasteiger partial charge in [-0.2, -0.15) is 0 Å². The molecule has 7 heteroatoms. The highest BCUT2D eigenvalue weighted by atomic mass is 32.1. The second kappa shape index (κ2) is 6.43. The molecular formula is C16H21N3O3S. The number of hydrogen-bond donors (Lipinski definition) is 2. The summed E-state index contributed by atoms with van der Waals surface area (Å²) >= 11 is 1.37. The normalized spacial score (nSPS) is 19.2. The molecule has 1 unspecified atom stereocenters. The predicted octanol–water partition coefficient (Wildman–Crippen LogP) is 2.58. The number of likely N-dealkylation sites (tertiary alicyclic amines) is 1. The van der Waals surface area contributed by atoms with Crippen molar-refractivity contribution < 1.29 is 14.3 Å². The van der Waals surface area contributed by atoms with Crippen LogP contribution in [0.3, 0.4) is 0 Å². The van der Waals surface area contributed by atoms with Gasteiger partial charge in [-0.15, -0.1) is 11.3 Å². The van der Waals surface area contributed by atoms with Gasteiger partial charge in [-0.05, 0) is 45.4 Å². The molecule has 3 heterocycles. The minimum absolute atomic E-state index is 0.0169. The summed E-state index contributed by atoms with van der Waals surface area (Å²) in [5, 5.41) is 15.4. The average molecular weight is 335 g/mol. The molecule has 0 aromatic carbocycles. The van der Waals surface area contributed by atoms with Crippen LogP contribution in [-0.4, -0.2) is 45.6 Å². The topological polar surface area (TPSA) is 78.6 Å². The molecule has 1 fully saturated rings. The van der Waals surface area contributed by atoms with Crippen molar-refractivity contribution in [3.8, 4) is 11.5 Å². The van der Waals surface area contributed by atoms with Crippen LogP contribution in [0.5, 0.6) is 0 Å². The first kappa shape index (κ1) is 16.2. The Morgan fingerprint density at radius 2 is 2.43 bits per heavy atom. The lowest BCUT2D eigenvalue weighted by atomic mass is 9.97. The molecule has 23 heavy (non-hydrogen) atoms. The van der Waals surface area contributed by atoms with Crippen molar-refractivity contribution in [3.63, 3.8) is 0 Å². The lowest BCUT2D eigenvalue weighted by Gasteiger charge is -2.33. The molecule has 1 atom stereocenters. The van der Waals surface area contributed by atoms with Crippen LogP contribution in [0.2, 0.25) is 0 Å². The summed E-state index contributed by atoms with van der Waals surface area (Å²) in [6.45, 7) is 4.69. The van der Waals surface area contributed by atoms with E-state index < -0.39 is 5.60 Å². The molecule has 1 aliphatic rings. The number of carbonyl (C=O) groups is 1. The summed E-state index contributed by atoms with van der Waals surface area (Å²) in [4.78, 5) is 18.6. The fourth-order valence-electron chi connectivity index (χ4n) is 3.03. The van der Waals surface area contributed by atoms with Gasteiger partial charge in [-0.3, -0.25) is 9.69 Å². The summed E-state index contributed by atoms with van der Waals surface area (Å²) in [5.41, 5.74) is -0.0874. The van der Waals surface area contributed by atoms with Gasteiger partial charge in [0.05, 0.1) is 18.4 Å². The number of furan rings is 1. The zero-order valence-electron chi connectivity index (χ0n) is 13.3. The van der Waals surface area contributed by atoms with Crippen LogP contribution < -0.4 is 5.32 Å². The number of aliphatic hydroxyl groups is 1. The van der Waals surface area contributed by atoms with E-state index in [1.807, 2.05) is 16.3 Å². The van der Waals surface area contributed by atoms with Crippen LogP contribution in [0, 0.1) is 0 Å². The van der Waals surface area contributed by atoms with E-state index in [-0.39, 0.29) is 18.5 Å². The number of rotatable bonds is 5. The Labute approximate surface area is 139 Å². The van der Waals surface area contributed by atoms with Gasteiger partial charge in [-0.25, -0.2) is 4.98 Å². The summed E-state index contributed by atoms with van der Waals surface area (Å²) < 4.78 is 5.29. The number of aromatic nitrogens is 1. The van der Waals surface area contributed by atoms with Gasteiger partial charge < -0.3 is 14.8 Å². The molecule has 0 radical (unpaired) electrons. The molecule has 3 rings (SSSR count). The largest absolute Gasteiger partial charge is 0.463 e. The third-order valence-electron chi connectivity index (χ3n) is 4.05. The number of anilines is 1. The summed E-state index contributed by atoms with van der Waals surface area (Å²) in [7, 11) is 0. The predicted molar refractivity (Wildman–Crippen MR) is 89.3 cm³/mol. The standard InChI is InChI=1S/C16H21N3O3S/c1-16(2,21)13-6-3-7-19(13)9-14(20)18-15-17-11(10-23-15)12-5-4-8-22-12/h4-5,8,10,13,21H,3,6-7,9H2,1-2H3,(H,17,18,20). The van der Waals surface area contributed by atoms with Crippen molar-refractivity contribution >= 4 is 22.4 Å². The second-order valence-electron chi connectivity index (χ2n) is 6.35. The molecule has 0 spiro atoms. The quantitative estimate of drug-likeness (QED) is 0.878. The number of nitrogens with one attached hydrogen (secondary N) is 1. The van der Waals surface area contributed by atoms with Crippen molar-refractivity contribution in [1.29, 1.82) is 0 Å². The van der Waals surface area contributed by atoms with Crippen LogP contribution in [0.1, 0.15) is 26.7 Å². The van der Waals surface area contributed by atoms with Gasteiger partial charge >= 0.3 is 0 Å². The van der Waals surface area contributed by atoms with E-state index in [2.05, 4.69) is 10.3 Å². The van der Waals surface area contributed by atoms with Gasteiger partial charge in [0.2, 0.25) is 5.91 Å². The number of nitrogens with zero attached hydrogens (tertiary/aromatic N) is 2. The lowest BCUT2D eigenvalue weighted by molar-refractivity contribution is -0.118. The van der Waals surface area contributed by atoms with Crippen molar-refractivity contribution in [2.45, 2.75) is 38.3 Å². The van der Waals surface area contributed by atoms with Gasteiger partial charge in [0.1, 0.15) is 5.69 Å². The maximum atomic E-state index is 12.2. The molecule has 1 aliphatic heterocycles. The monoisotopic (exact) mass is 335 g/mol. The van der Waals surface area contributed by atoms with E-state index in [0.29, 0.717) is 16.6 Å². The van der Waals surface area contributed by atoms with Crippen LogP contribution >= 0.6 is 11.3 Å². The van der Waals surface area contributed by atoms with E-state index in [4.69, 9.17) is 4.42 Å². The van der Waals surface area contributed by atoms with E-state index in [1.54, 1.807) is 26.2 Å². The number of carbonyl (C=O) groups excluding carboxylic acids is 1. The molecule has 0 bridgehead atoms. The third-order valence-corrected chi connectivity index (χ3v) is 4.81. The lowest BCUT2D eigenvalue weighted by Crippen LogP contribution is -2.48. The van der Waals surface area contributed by atoms with Crippen LogP contribution in [0.25, 0.3) is 11.5 Å². The van der Waals surface area contributed by atoms with Gasteiger partial charge in [0.15, 0.2) is 10.9 Å². The fourth-order valence-corrected chi connectivity index (χ4v) is 3.74. The maximum absolute atomic E-state index is 12.2. The Hall–Kier alpha value is -1.70. The molecule has 124 valence electrons. The van der Waals surface area contributed by atoms with E-state index >= 15 is 0 Å². The minimum atomic E-state index is -0.801. The Kier molecular flexibility index (Phi) is 4.52. The molecule has 0 aliphatic carbocycles.